The first kappa shape index (κ1) is 27.5. The number of hydrogen-bond acceptors (Lipinski definition) is 2. The quantitative estimate of drug-likeness (QED) is 0.190. The average molecular weight is 627 g/mol. The maximum absolute atomic E-state index is 6.36. The summed E-state index contributed by atoms with van der Waals surface area (Å²) in [5, 5.41) is 7.10. The first-order valence-electron chi connectivity index (χ1n) is 16.7. The Labute approximate surface area is 283 Å². The van der Waals surface area contributed by atoms with E-state index >= 15 is 0 Å². The van der Waals surface area contributed by atoms with Crippen LogP contribution < -0.4 is 4.90 Å². The molecule has 0 bridgehead atoms. The summed E-state index contributed by atoms with van der Waals surface area (Å²) in [7, 11) is 0. The van der Waals surface area contributed by atoms with Crippen LogP contribution in [0.15, 0.2) is 186 Å². The van der Waals surface area contributed by atoms with Crippen molar-refractivity contribution in [3.63, 3.8) is 0 Å². The molecule has 0 saturated carbocycles. The fourth-order valence-electron chi connectivity index (χ4n) is 7.64. The topological polar surface area (TPSA) is 21.3 Å². The molecule has 0 atom stereocenters. The van der Waals surface area contributed by atoms with Crippen LogP contribution in [0.2, 0.25) is 0 Å². The van der Waals surface area contributed by atoms with Gasteiger partial charge in [0, 0.05) is 38.5 Å². The van der Waals surface area contributed by atoms with Gasteiger partial charge in [0.05, 0.1) is 27.8 Å². The van der Waals surface area contributed by atoms with Crippen molar-refractivity contribution < 1.29 is 4.42 Å². The highest BCUT2D eigenvalue weighted by molar-refractivity contribution is 6.15. The SMILES string of the molecule is c1ccc(-n2c3ccccc3c3cccc(-c4ccc(N(c5cccc6ccccc56)c5cccc6oc7ccccc7c56)cc4)c32)cc1. The number of hydrogen-bond donors (Lipinski definition) is 0. The number of fused-ring (bicyclic) bond motifs is 7. The highest BCUT2D eigenvalue weighted by atomic mass is 16.3. The van der Waals surface area contributed by atoms with Crippen LogP contribution >= 0.6 is 0 Å². The Kier molecular flexibility index (Phi) is 6.18. The van der Waals surface area contributed by atoms with Gasteiger partial charge in [-0.25, -0.2) is 0 Å². The van der Waals surface area contributed by atoms with E-state index in [9.17, 15) is 0 Å². The summed E-state index contributed by atoms with van der Waals surface area (Å²) >= 11 is 0. The highest BCUT2D eigenvalue weighted by Gasteiger charge is 2.21. The highest BCUT2D eigenvalue weighted by Crippen LogP contribution is 2.45. The number of furan rings is 1. The van der Waals surface area contributed by atoms with E-state index in [-0.39, 0.29) is 0 Å². The van der Waals surface area contributed by atoms with Crippen molar-refractivity contribution >= 4 is 71.6 Å². The van der Waals surface area contributed by atoms with Gasteiger partial charge >= 0.3 is 0 Å². The van der Waals surface area contributed by atoms with Gasteiger partial charge in [-0.15, -0.1) is 0 Å². The largest absolute Gasteiger partial charge is 0.456 e. The lowest BCUT2D eigenvalue weighted by Crippen LogP contribution is -2.10. The maximum atomic E-state index is 6.36. The molecule has 0 amide bonds. The van der Waals surface area contributed by atoms with Gasteiger partial charge in [0.1, 0.15) is 11.2 Å². The normalized spacial score (nSPS) is 11.7. The zero-order valence-electron chi connectivity index (χ0n) is 26.6. The van der Waals surface area contributed by atoms with E-state index in [1.807, 2.05) is 12.1 Å². The zero-order valence-corrected chi connectivity index (χ0v) is 26.6. The van der Waals surface area contributed by atoms with E-state index < -0.39 is 0 Å². The van der Waals surface area contributed by atoms with Crippen LogP contribution in [0.25, 0.3) is 71.3 Å². The Morgan fingerprint density at radius 1 is 0.429 bits per heavy atom. The Bertz CT molecular complexity index is 2820. The second kappa shape index (κ2) is 11.0. The molecule has 3 heteroatoms. The minimum absolute atomic E-state index is 0.876. The van der Waals surface area contributed by atoms with Crippen molar-refractivity contribution in [3.8, 4) is 16.8 Å². The fraction of sp³-hybridized carbons (Fsp3) is 0. The smallest absolute Gasteiger partial charge is 0.137 e. The summed E-state index contributed by atoms with van der Waals surface area (Å²) in [6, 6.07) is 64.9. The summed E-state index contributed by atoms with van der Waals surface area (Å²) in [6.07, 6.45) is 0. The monoisotopic (exact) mass is 626 g/mol. The molecule has 10 aromatic rings. The number of nitrogens with zero attached hydrogens (tertiary/aromatic N) is 2. The van der Waals surface area contributed by atoms with Gasteiger partial charge in [-0.1, -0.05) is 127 Å². The van der Waals surface area contributed by atoms with Gasteiger partial charge in [0.2, 0.25) is 0 Å². The van der Waals surface area contributed by atoms with Gasteiger partial charge in [-0.3, -0.25) is 0 Å². The van der Waals surface area contributed by atoms with Crippen molar-refractivity contribution in [2.45, 2.75) is 0 Å². The van der Waals surface area contributed by atoms with E-state index in [1.165, 1.54) is 43.7 Å². The predicted octanol–water partition coefficient (Wildman–Crippen LogP) is 13.0. The molecule has 0 unspecified atom stereocenters. The third-order valence-corrected chi connectivity index (χ3v) is 9.77. The molecular formula is C46H30N2O. The van der Waals surface area contributed by atoms with Gasteiger partial charge < -0.3 is 13.9 Å². The molecule has 0 radical (unpaired) electrons. The molecule has 2 heterocycles. The molecular weight excluding hydrogens is 597 g/mol. The van der Waals surface area contributed by atoms with E-state index in [1.54, 1.807) is 0 Å². The lowest BCUT2D eigenvalue weighted by Gasteiger charge is -2.27. The summed E-state index contributed by atoms with van der Waals surface area (Å²) in [5.41, 5.74) is 11.0. The Morgan fingerprint density at radius 3 is 1.94 bits per heavy atom. The zero-order chi connectivity index (χ0) is 32.3. The first-order valence-corrected chi connectivity index (χ1v) is 16.7. The third-order valence-electron chi connectivity index (χ3n) is 9.77. The minimum Gasteiger partial charge on any atom is -0.456 e. The van der Waals surface area contributed by atoms with Crippen LogP contribution in [-0.2, 0) is 0 Å². The molecule has 0 fully saturated rings. The summed E-state index contributed by atoms with van der Waals surface area (Å²) < 4.78 is 8.77. The molecule has 0 spiro atoms. The lowest BCUT2D eigenvalue weighted by molar-refractivity contribution is 0.669. The van der Waals surface area contributed by atoms with Crippen molar-refractivity contribution in [2.75, 3.05) is 4.90 Å². The van der Waals surface area contributed by atoms with Crippen molar-refractivity contribution in [1.29, 1.82) is 0 Å². The van der Waals surface area contributed by atoms with Gasteiger partial charge in [-0.05, 0) is 65.5 Å². The van der Waals surface area contributed by atoms with E-state index in [4.69, 9.17) is 4.42 Å². The number of rotatable bonds is 5. The number of aromatic nitrogens is 1. The van der Waals surface area contributed by atoms with Gasteiger partial charge in [0.15, 0.2) is 0 Å². The van der Waals surface area contributed by atoms with Crippen LogP contribution in [0, 0.1) is 0 Å². The molecule has 10 rings (SSSR count). The molecule has 0 saturated heterocycles. The Hall–Kier alpha value is -6.58. The second-order valence-corrected chi connectivity index (χ2v) is 12.5. The van der Waals surface area contributed by atoms with Crippen LogP contribution in [0.1, 0.15) is 0 Å². The van der Waals surface area contributed by atoms with Crippen LogP contribution in [0.3, 0.4) is 0 Å². The minimum atomic E-state index is 0.876. The molecule has 0 aliphatic heterocycles. The third kappa shape index (κ3) is 4.29. The summed E-state index contributed by atoms with van der Waals surface area (Å²) in [6.45, 7) is 0. The molecule has 3 nitrogen and oxygen atoms in total. The Morgan fingerprint density at radius 2 is 1.06 bits per heavy atom. The molecule has 8 aromatic carbocycles. The fourth-order valence-corrected chi connectivity index (χ4v) is 7.64. The molecule has 0 aliphatic rings. The van der Waals surface area contributed by atoms with Crippen LogP contribution in [0.4, 0.5) is 17.1 Å². The molecule has 49 heavy (non-hydrogen) atoms. The van der Waals surface area contributed by atoms with E-state index in [0.717, 1.165) is 44.7 Å². The van der Waals surface area contributed by atoms with Crippen molar-refractivity contribution in [2.24, 2.45) is 0 Å². The molecule has 0 N–H and O–H groups in total. The Balaban J connectivity index is 1.20. The van der Waals surface area contributed by atoms with E-state index in [0.29, 0.717) is 0 Å². The molecule has 0 aliphatic carbocycles. The predicted molar refractivity (Wildman–Crippen MR) is 206 cm³/mol. The van der Waals surface area contributed by atoms with Crippen molar-refractivity contribution in [3.05, 3.63) is 182 Å². The van der Waals surface area contributed by atoms with Gasteiger partial charge in [-0.2, -0.15) is 0 Å². The summed E-state index contributed by atoms with van der Waals surface area (Å²) in [4.78, 5) is 2.39. The van der Waals surface area contributed by atoms with Crippen LogP contribution in [-0.4, -0.2) is 4.57 Å². The summed E-state index contributed by atoms with van der Waals surface area (Å²) in [5.74, 6) is 0. The van der Waals surface area contributed by atoms with E-state index in [2.05, 4.69) is 179 Å². The molecule has 2 aromatic heterocycles. The number of benzene rings is 8. The first-order chi connectivity index (χ1) is 24.3. The van der Waals surface area contributed by atoms with Gasteiger partial charge in [0.25, 0.3) is 0 Å². The van der Waals surface area contributed by atoms with Crippen LogP contribution in [0.5, 0.6) is 0 Å². The standard InChI is InChI=1S/C46H30N2O/c1-2-15-33(16-3-1)48-41-22-8-6-18-37(41)38-21-11-20-36(46(38)48)32-27-29-34(30-28-32)47(40-23-10-14-31-13-4-5-17-35(31)40)42-24-12-26-44-45(42)39-19-7-9-25-43(39)49-44/h1-30H. The van der Waals surface area contributed by atoms with Crippen molar-refractivity contribution in [1.82, 2.24) is 4.57 Å². The maximum Gasteiger partial charge on any atom is 0.137 e. The number of para-hydroxylation sites is 4. The second-order valence-electron chi connectivity index (χ2n) is 12.5. The lowest BCUT2D eigenvalue weighted by atomic mass is 10.0. The average Bonchev–Trinajstić information content (AvgIpc) is 3.72. The number of anilines is 3. The molecule has 230 valence electrons.